The summed E-state index contributed by atoms with van der Waals surface area (Å²) in [4.78, 5) is 22.9. The fraction of sp³-hybridized carbons (Fsp3) is 0.857. The minimum atomic E-state index is -3.49. The Hall–Kier alpha value is -1.20. The fourth-order valence-corrected chi connectivity index (χ4v) is 4.66. The van der Waals surface area contributed by atoms with Gasteiger partial charge in [0, 0.05) is 6.92 Å². The van der Waals surface area contributed by atoms with E-state index in [1.165, 1.54) is 0 Å². The zero-order chi connectivity index (χ0) is 14.7. The third-order valence-electron chi connectivity index (χ3n) is 5.24. The van der Waals surface area contributed by atoms with Crippen LogP contribution in [0.1, 0.15) is 39.0 Å². The summed E-state index contributed by atoms with van der Waals surface area (Å²) in [7, 11) is 0. The first-order valence-corrected chi connectivity index (χ1v) is 7.03. The molecule has 2 unspecified atom stereocenters. The van der Waals surface area contributed by atoms with E-state index in [1.54, 1.807) is 0 Å². The van der Waals surface area contributed by atoms with Gasteiger partial charge in [0.15, 0.2) is 0 Å². The van der Waals surface area contributed by atoms with Gasteiger partial charge in [0.2, 0.25) is 0 Å². The lowest BCUT2D eigenvalue weighted by Gasteiger charge is -2.57. The van der Waals surface area contributed by atoms with E-state index in [2.05, 4.69) is 0 Å². The van der Waals surface area contributed by atoms with Gasteiger partial charge in [-0.05, 0) is 49.9 Å². The molecular weight excluding hydrogens is 270 g/mol. The molecule has 4 aliphatic rings. The standard InChI is InChI=1S/C14H18F2O4/c1-13(15,16)12(19)20-10-8-2-7-3-9(10)6-14(4-7,5-8)11(17)18/h7-10H,2-6H2,1H3,(H,17,18). The number of hydrogen-bond donors (Lipinski definition) is 1. The third-order valence-corrected chi connectivity index (χ3v) is 5.24. The van der Waals surface area contributed by atoms with Gasteiger partial charge in [0.25, 0.3) is 0 Å². The Kier molecular flexibility index (Phi) is 2.86. The first-order chi connectivity index (χ1) is 9.21. The summed E-state index contributed by atoms with van der Waals surface area (Å²) in [5.74, 6) is -5.59. The van der Waals surface area contributed by atoms with Gasteiger partial charge in [0.05, 0.1) is 5.41 Å². The molecule has 4 saturated carbocycles. The number of carbonyl (C=O) groups excluding carboxylic acids is 1. The molecule has 4 fully saturated rings. The van der Waals surface area contributed by atoms with Crippen molar-refractivity contribution < 1.29 is 28.2 Å². The number of rotatable bonds is 3. The highest BCUT2D eigenvalue weighted by molar-refractivity contribution is 5.77. The van der Waals surface area contributed by atoms with Crippen LogP contribution < -0.4 is 0 Å². The predicted octanol–water partition coefficient (Wildman–Crippen LogP) is 2.46. The largest absolute Gasteiger partial charge is 0.481 e. The van der Waals surface area contributed by atoms with E-state index in [0.29, 0.717) is 32.1 Å². The van der Waals surface area contributed by atoms with E-state index < -0.39 is 29.4 Å². The molecule has 2 atom stereocenters. The van der Waals surface area contributed by atoms with Gasteiger partial charge >= 0.3 is 17.9 Å². The van der Waals surface area contributed by atoms with Crippen molar-refractivity contribution in [1.82, 2.24) is 0 Å². The topological polar surface area (TPSA) is 63.6 Å². The summed E-state index contributed by atoms with van der Waals surface area (Å²) in [6.07, 6.45) is 2.63. The average Bonchev–Trinajstić information content (AvgIpc) is 2.31. The highest BCUT2D eigenvalue weighted by Gasteiger charge is 2.60. The van der Waals surface area contributed by atoms with Crippen LogP contribution in [0.4, 0.5) is 8.78 Å². The molecule has 6 heteroatoms. The Labute approximate surface area is 115 Å². The van der Waals surface area contributed by atoms with Crippen LogP contribution in [0, 0.1) is 23.2 Å². The number of carbonyl (C=O) groups is 2. The molecular formula is C14H18F2O4. The van der Waals surface area contributed by atoms with E-state index in [-0.39, 0.29) is 11.8 Å². The maximum absolute atomic E-state index is 13.0. The summed E-state index contributed by atoms with van der Waals surface area (Å²) in [6, 6.07) is 0. The number of aliphatic carboxylic acids is 1. The molecule has 4 rings (SSSR count). The van der Waals surface area contributed by atoms with Crippen molar-refractivity contribution in [2.45, 2.75) is 51.1 Å². The lowest BCUT2D eigenvalue weighted by atomic mass is 9.48. The minimum absolute atomic E-state index is 0.0800. The van der Waals surface area contributed by atoms with Crippen molar-refractivity contribution in [1.29, 1.82) is 0 Å². The number of alkyl halides is 2. The number of esters is 1. The van der Waals surface area contributed by atoms with Gasteiger partial charge < -0.3 is 9.84 Å². The van der Waals surface area contributed by atoms with E-state index >= 15 is 0 Å². The normalized spacial score (nSPS) is 42.5. The smallest absolute Gasteiger partial charge is 0.376 e. The molecule has 1 N–H and O–H groups in total. The van der Waals surface area contributed by atoms with Gasteiger partial charge in [-0.25, -0.2) is 4.79 Å². The molecule has 20 heavy (non-hydrogen) atoms. The lowest BCUT2D eigenvalue weighted by molar-refractivity contribution is -0.205. The molecule has 0 aromatic heterocycles. The maximum Gasteiger partial charge on any atom is 0.376 e. The molecule has 0 saturated heterocycles. The Bertz CT molecular complexity index is 441. The molecule has 4 aliphatic carbocycles. The van der Waals surface area contributed by atoms with Crippen molar-refractivity contribution in [3.05, 3.63) is 0 Å². The van der Waals surface area contributed by atoms with Crippen LogP contribution in [0.3, 0.4) is 0 Å². The van der Waals surface area contributed by atoms with Crippen LogP contribution in [0.15, 0.2) is 0 Å². The van der Waals surface area contributed by atoms with E-state index in [9.17, 15) is 23.5 Å². The first-order valence-electron chi connectivity index (χ1n) is 7.03. The lowest BCUT2D eigenvalue weighted by Crippen LogP contribution is -2.57. The summed E-state index contributed by atoms with van der Waals surface area (Å²) in [5.41, 5.74) is -0.714. The molecule has 0 aromatic carbocycles. The Morgan fingerprint density at radius 3 is 2.20 bits per heavy atom. The number of halogens is 2. The monoisotopic (exact) mass is 288 g/mol. The molecule has 0 aromatic rings. The third kappa shape index (κ3) is 2.00. The molecule has 112 valence electrons. The van der Waals surface area contributed by atoms with Crippen LogP contribution in [-0.2, 0) is 14.3 Å². The number of ether oxygens (including phenoxy) is 1. The Morgan fingerprint density at radius 2 is 1.75 bits per heavy atom. The van der Waals surface area contributed by atoms with Crippen LogP contribution in [-0.4, -0.2) is 29.1 Å². The molecule has 0 radical (unpaired) electrons. The van der Waals surface area contributed by atoms with Gasteiger partial charge in [-0.3, -0.25) is 4.79 Å². The van der Waals surface area contributed by atoms with E-state index in [0.717, 1.165) is 12.8 Å². The number of carboxylic acid groups (broad SMARTS) is 1. The number of hydrogen-bond acceptors (Lipinski definition) is 3. The second-order valence-corrected chi connectivity index (χ2v) is 6.81. The molecule has 4 nitrogen and oxygen atoms in total. The zero-order valence-corrected chi connectivity index (χ0v) is 11.3. The van der Waals surface area contributed by atoms with Crippen LogP contribution in [0.2, 0.25) is 0 Å². The SMILES string of the molecule is CC(F)(F)C(=O)OC1C2CC3CC1CC(C(=O)O)(C3)C2. The summed E-state index contributed by atoms with van der Waals surface area (Å²) < 4.78 is 31.0. The van der Waals surface area contributed by atoms with Gasteiger partial charge in [-0.1, -0.05) is 0 Å². The highest BCUT2D eigenvalue weighted by atomic mass is 19.3. The molecule has 0 spiro atoms. The zero-order valence-electron chi connectivity index (χ0n) is 11.3. The summed E-state index contributed by atoms with van der Waals surface area (Å²) >= 11 is 0. The van der Waals surface area contributed by atoms with Crippen molar-refractivity contribution in [2.24, 2.45) is 23.2 Å². The van der Waals surface area contributed by atoms with E-state index in [1.807, 2.05) is 0 Å². The fourth-order valence-electron chi connectivity index (χ4n) is 4.66. The molecule has 0 heterocycles. The summed E-state index contributed by atoms with van der Waals surface area (Å²) in [5, 5.41) is 9.45. The summed E-state index contributed by atoms with van der Waals surface area (Å²) in [6.45, 7) is 0.532. The Balaban J connectivity index is 1.78. The van der Waals surface area contributed by atoms with Crippen molar-refractivity contribution in [3.63, 3.8) is 0 Å². The van der Waals surface area contributed by atoms with Gasteiger partial charge in [0.1, 0.15) is 6.10 Å². The quantitative estimate of drug-likeness (QED) is 0.810. The predicted molar refractivity (Wildman–Crippen MR) is 64.1 cm³/mol. The van der Waals surface area contributed by atoms with Crippen LogP contribution in [0.5, 0.6) is 0 Å². The maximum atomic E-state index is 13.0. The van der Waals surface area contributed by atoms with Gasteiger partial charge in [-0.15, -0.1) is 0 Å². The second-order valence-electron chi connectivity index (χ2n) is 6.81. The second kappa shape index (κ2) is 4.15. The van der Waals surface area contributed by atoms with Crippen LogP contribution in [0.25, 0.3) is 0 Å². The number of carboxylic acids is 1. The molecule has 4 bridgehead atoms. The van der Waals surface area contributed by atoms with Crippen LogP contribution >= 0.6 is 0 Å². The minimum Gasteiger partial charge on any atom is -0.481 e. The van der Waals surface area contributed by atoms with Gasteiger partial charge in [-0.2, -0.15) is 8.78 Å². The first kappa shape index (κ1) is 13.8. The average molecular weight is 288 g/mol. The van der Waals surface area contributed by atoms with Crippen molar-refractivity contribution >= 4 is 11.9 Å². The van der Waals surface area contributed by atoms with E-state index in [4.69, 9.17) is 4.74 Å². The van der Waals surface area contributed by atoms with Crippen molar-refractivity contribution in [2.75, 3.05) is 0 Å². The molecule has 0 aliphatic heterocycles. The Morgan fingerprint density at radius 1 is 1.20 bits per heavy atom. The van der Waals surface area contributed by atoms with Crippen molar-refractivity contribution in [3.8, 4) is 0 Å². The highest BCUT2D eigenvalue weighted by Crippen LogP contribution is 2.60. The molecule has 0 amide bonds.